The van der Waals surface area contributed by atoms with E-state index in [1.54, 1.807) is 42.2 Å². The molecule has 0 spiro atoms. The lowest BCUT2D eigenvalue weighted by Crippen LogP contribution is -2.23. The van der Waals surface area contributed by atoms with Crippen LogP contribution in [0.5, 0.6) is 0 Å². The SMILES string of the molecule is O=C1CCSc2ccc(C(=O)NCc3nc(-c4ccccn4)no3)cc2N1. The lowest BCUT2D eigenvalue weighted by Gasteiger charge is -2.08. The van der Waals surface area contributed by atoms with E-state index in [1.807, 2.05) is 12.1 Å². The van der Waals surface area contributed by atoms with Gasteiger partial charge in [-0.15, -0.1) is 11.8 Å². The lowest BCUT2D eigenvalue weighted by atomic mass is 10.2. The van der Waals surface area contributed by atoms with Gasteiger partial charge in [-0.3, -0.25) is 14.6 Å². The summed E-state index contributed by atoms with van der Waals surface area (Å²) in [6.45, 7) is 0.0941. The summed E-state index contributed by atoms with van der Waals surface area (Å²) in [5.74, 6) is 1.03. The van der Waals surface area contributed by atoms with Gasteiger partial charge in [-0.05, 0) is 30.3 Å². The molecule has 2 amide bonds. The summed E-state index contributed by atoms with van der Waals surface area (Å²) in [6.07, 6.45) is 2.10. The van der Waals surface area contributed by atoms with Crippen molar-refractivity contribution in [2.45, 2.75) is 17.9 Å². The third-order valence-corrected chi connectivity index (χ3v) is 4.94. The summed E-state index contributed by atoms with van der Waals surface area (Å²) < 4.78 is 5.15. The summed E-state index contributed by atoms with van der Waals surface area (Å²) in [7, 11) is 0. The average Bonchev–Trinajstić information content (AvgIpc) is 3.08. The topological polar surface area (TPSA) is 110 Å². The van der Waals surface area contributed by atoms with Gasteiger partial charge >= 0.3 is 0 Å². The maximum atomic E-state index is 12.4. The number of hydrogen-bond donors (Lipinski definition) is 2. The molecule has 1 aliphatic rings. The Morgan fingerprint density at radius 2 is 2.22 bits per heavy atom. The van der Waals surface area contributed by atoms with Gasteiger partial charge in [0.05, 0.1) is 12.2 Å². The van der Waals surface area contributed by atoms with Crippen molar-refractivity contribution in [3.05, 3.63) is 54.0 Å². The molecule has 0 saturated carbocycles. The molecular weight excluding hydrogens is 366 g/mol. The van der Waals surface area contributed by atoms with E-state index in [9.17, 15) is 9.59 Å². The smallest absolute Gasteiger partial charge is 0.251 e. The molecule has 0 bridgehead atoms. The number of anilines is 1. The molecule has 4 rings (SSSR count). The maximum absolute atomic E-state index is 12.4. The standard InChI is InChI=1S/C18H15N5O3S/c24-15-6-8-27-14-5-4-11(9-13(14)21-15)18(25)20-10-16-22-17(23-26-16)12-3-1-2-7-19-12/h1-5,7,9H,6,8,10H2,(H,20,25)(H,21,24). The van der Waals surface area contributed by atoms with Gasteiger partial charge in [0, 0.05) is 28.8 Å². The van der Waals surface area contributed by atoms with E-state index in [-0.39, 0.29) is 24.2 Å². The number of fused-ring (bicyclic) bond motifs is 1. The second-order valence-electron chi connectivity index (χ2n) is 5.77. The highest BCUT2D eigenvalue weighted by Crippen LogP contribution is 2.31. The van der Waals surface area contributed by atoms with Crippen LogP contribution in [-0.2, 0) is 11.3 Å². The molecule has 1 aliphatic heterocycles. The number of nitrogens with zero attached hydrogens (tertiary/aromatic N) is 3. The molecule has 136 valence electrons. The molecule has 2 aromatic heterocycles. The van der Waals surface area contributed by atoms with E-state index >= 15 is 0 Å². The first kappa shape index (κ1) is 17.2. The Bertz CT molecular complexity index is 990. The Hall–Kier alpha value is -3.20. The van der Waals surface area contributed by atoms with Crippen molar-refractivity contribution in [2.75, 3.05) is 11.1 Å². The average molecular weight is 381 g/mol. The first-order chi connectivity index (χ1) is 13.2. The number of rotatable bonds is 4. The molecule has 9 heteroatoms. The van der Waals surface area contributed by atoms with Crippen LogP contribution in [-0.4, -0.2) is 32.7 Å². The molecule has 0 saturated heterocycles. The van der Waals surface area contributed by atoms with Crippen molar-refractivity contribution >= 4 is 29.3 Å². The Morgan fingerprint density at radius 1 is 1.30 bits per heavy atom. The molecule has 8 nitrogen and oxygen atoms in total. The van der Waals surface area contributed by atoms with Gasteiger partial charge in [0.2, 0.25) is 17.6 Å². The fourth-order valence-corrected chi connectivity index (χ4v) is 3.48. The van der Waals surface area contributed by atoms with Crippen LogP contribution in [0.1, 0.15) is 22.7 Å². The van der Waals surface area contributed by atoms with Crippen LogP contribution in [0.2, 0.25) is 0 Å². The van der Waals surface area contributed by atoms with Crippen LogP contribution in [0.15, 0.2) is 52.0 Å². The van der Waals surface area contributed by atoms with Gasteiger partial charge in [0.25, 0.3) is 5.91 Å². The third kappa shape index (κ3) is 3.98. The van der Waals surface area contributed by atoms with Crippen LogP contribution in [0.25, 0.3) is 11.5 Å². The lowest BCUT2D eigenvalue weighted by molar-refractivity contribution is -0.115. The monoisotopic (exact) mass is 381 g/mol. The van der Waals surface area contributed by atoms with Crippen molar-refractivity contribution < 1.29 is 14.1 Å². The number of nitrogens with one attached hydrogen (secondary N) is 2. The molecule has 0 fully saturated rings. The van der Waals surface area contributed by atoms with Crippen molar-refractivity contribution in [1.82, 2.24) is 20.4 Å². The number of benzene rings is 1. The number of carbonyl (C=O) groups excluding carboxylic acids is 2. The molecule has 0 aliphatic carbocycles. The van der Waals surface area contributed by atoms with E-state index < -0.39 is 0 Å². The van der Waals surface area contributed by atoms with Gasteiger partial charge in [0.1, 0.15) is 5.69 Å². The van der Waals surface area contributed by atoms with Crippen LogP contribution in [0, 0.1) is 0 Å². The molecule has 1 aromatic carbocycles. The van der Waals surface area contributed by atoms with E-state index in [1.165, 1.54) is 0 Å². The van der Waals surface area contributed by atoms with E-state index in [2.05, 4.69) is 25.8 Å². The summed E-state index contributed by atoms with van der Waals surface area (Å²) in [4.78, 5) is 33.4. The zero-order valence-corrected chi connectivity index (χ0v) is 15.0. The number of pyridine rings is 1. The Labute approximate surface area is 158 Å². The summed E-state index contributed by atoms with van der Waals surface area (Å²) >= 11 is 1.59. The third-order valence-electron chi connectivity index (χ3n) is 3.86. The van der Waals surface area contributed by atoms with Gasteiger partial charge < -0.3 is 15.2 Å². The van der Waals surface area contributed by atoms with Gasteiger partial charge in [-0.2, -0.15) is 4.98 Å². The van der Waals surface area contributed by atoms with E-state index in [0.29, 0.717) is 29.2 Å². The molecule has 0 atom stereocenters. The first-order valence-electron chi connectivity index (χ1n) is 8.28. The molecule has 3 aromatic rings. The van der Waals surface area contributed by atoms with Gasteiger partial charge in [0.15, 0.2) is 0 Å². The molecule has 27 heavy (non-hydrogen) atoms. The highest BCUT2D eigenvalue weighted by Gasteiger charge is 2.16. The van der Waals surface area contributed by atoms with Crippen LogP contribution < -0.4 is 10.6 Å². The maximum Gasteiger partial charge on any atom is 0.251 e. The van der Waals surface area contributed by atoms with Crippen molar-refractivity contribution in [3.8, 4) is 11.5 Å². The minimum absolute atomic E-state index is 0.0493. The van der Waals surface area contributed by atoms with E-state index in [4.69, 9.17) is 4.52 Å². The Kier molecular flexibility index (Phi) is 4.84. The first-order valence-corrected chi connectivity index (χ1v) is 9.26. The highest BCUT2D eigenvalue weighted by atomic mass is 32.2. The minimum atomic E-state index is -0.293. The zero-order valence-electron chi connectivity index (χ0n) is 14.1. The summed E-state index contributed by atoms with van der Waals surface area (Å²) in [5.41, 5.74) is 1.70. The fraction of sp³-hybridized carbons (Fsp3) is 0.167. The highest BCUT2D eigenvalue weighted by molar-refractivity contribution is 7.99. The van der Waals surface area contributed by atoms with Crippen LogP contribution >= 0.6 is 11.8 Å². The minimum Gasteiger partial charge on any atom is -0.343 e. The quantitative estimate of drug-likeness (QED) is 0.714. The van der Waals surface area contributed by atoms with Crippen molar-refractivity contribution in [2.24, 2.45) is 0 Å². The second kappa shape index (κ2) is 7.58. The van der Waals surface area contributed by atoms with E-state index in [0.717, 1.165) is 10.6 Å². The summed E-state index contributed by atoms with van der Waals surface area (Å²) in [5, 5.41) is 9.43. The molecule has 3 heterocycles. The molecule has 2 N–H and O–H groups in total. The van der Waals surface area contributed by atoms with Gasteiger partial charge in [-0.25, -0.2) is 0 Å². The predicted octanol–water partition coefficient (Wildman–Crippen LogP) is 2.50. The zero-order chi connectivity index (χ0) is 18.6. The number of carbonyl (C=O) groups is 2. The van der Waals surface area contributed by atoms with Crippen molar-refractivity contribution in [1.29, 1.82) is 0 Å². The molecular formula is C18H15N5O3S. The number of thioether (sulfide) groups is 1. The Balaban J connectivity index is 1.43. The second-order valence-corrected chi connectivity index (χ2v) is 6.90. The molecule has 0 unspecified atom stereocenters. The number of aromatic nitrogens is 3. The molecule has 0 radical (unpaired) electrons. The number of hydrogen-bond acceptors (Lipinski definition) is 7. The Morgan fingerprint density at radius 3 is 3.07 bits per heavy atom. The van der Waals surface area contributed by atoms with Crippen LogP contribution in [0.3, 0.4) is 0 Å². The number of amides is 2. The van der Waals surface area contributed by atoms with Crippen molar-refractivity contribution in [3.63, 3.8) is 0 Å². The largest absolute Gasteiger partial charge is 0.343 e. The normalized spacial score (nSPS) is 13.4. The van der Waals surface area contributed by atoms with Gasteiger partial charge in [-0.1, -0.05) is 11.2 Å². The predicted molar refractivity (Wildman–Crippen MR) is 99.1 cm³/mol. The van der Waals surface area contributed by atoms with Crippen LogP contribution in [0.4, 0.5) is 5.69 Å². The summed E-state index contributed by atoms with van der Waals surface area (Å²) in [6, 6.07) is 10.6. The fourth-order valence-electron chi connectivity index (χ4n) is 2.54.